The summed E-state index contributed by atoms with van der Waals surface area (Å²) in [5.74, 6) is 14.6. The molecule has 0 bridgehead atoms. The van der Waals surface area contributed by atoms with Gasteiger partial charge in [0.1, 0.15) is 0 Å². The van der Waals surface area contributed by atoms with Crippen molar-refractivity contribution >= 4 is 0 Å². The fourth-order valence-electron chi connectivity index (χ4n) is 11.9. The summed E-state index contributed by atoms with van der Waals surface area (Å²) in [5, 5.41) is 0. The quantitative estimate of drug-likeness (QED) is 0.301. The summed E-state index contributed by atoms with van der Waals surface area (Å²) in [6.07, 6.45) is 25.7. The standard InChI is InChI=1S/C24H44.C15H28/c1-5-8-11-21-17(4)15-20-10-9-12-22(20)24(21)23-16-18(6-2)13-14-19(23)7-3;1-10-5-7-14(8-6-10)15-12(3)9-11(2)13(15)4/h17-24H,5-16H2,1-4H3;10-15H,5-9H2,1-4H3. The molecule has 5 aliphatic rings. The monoisotopic (exact) mass is 541 g/mol. The Bertz CT molecular complexity index is 686. The predicted octanol–water partition coefficient (Wildman–Crippen LogP) is 12.5. The van der Waals surface area contributed by atoms with Crippen LogP contribution in [0.1, 0.15) is 165 Å². The molecule has 5 fully saturated rings. The van der Waals surface area contributed by atoms with Gasteiger partial charge in [-0.05, 0) is 134 Å². The van der Waals surface area contributed by atoms with Crippen LogP contribution in [0.4, 0.5) is 0 Å². The zero-order chi connectivity index (χ0) is 28.1. The molecule has 12 unspecified atom stereocenters. The topological polar surface area (TPSA) is 0 Å². The van der Waals surface area contributed by atoms with Gasteiger partial charge in [0.25, 0.3) is 0 Å². The molecule has 0 amide bonds. The Morgan fingerprint density at radius 3 is 1.92 bits per heavy atom. The lowest BCUT2D eigenvalue weighted by atomic mass is 9.53. The van der Waals surface area contributed by atoms with E-state index >= 15 is 0 Å². The number of rotatable bonds is 7. The zero-order valence-electron chi connectivity index (χ0n) is 28.1. The van der Waals surface area contributed by atoms with E-state index in [2.05, 4.69) is 55.4 Å². The van der Waals surface area contributed by atoms with Crippen molar-refractivity contribution in [2.75, 3.05) is 0 Å². The molecule has 0 heteroatoms. The molecule has 0 aromatic heterocycles. The summed E-state index contributed by atoms with van der Waals surface area (Å²) in [5.41, 5.74) is 0. The Morgan fingerprint density at radius 1 is 0.564 bits per heavy atom. The van der Waals surface area contributed by atoms with Crippen LogP contribution in [-0.2, 0) is 0 Å². The predicted molar refractivity (Wildman–Crippen MR) is 173 cm³/mol. The lowest BCUT2D eigenvalue weighted by molar-refractivity contribution is -0.0297. The summed E-state index contributed by atoms with van der Waals surface area (Å²) in [4.78, 5) is 0. The molecule has 0 heterocycles. The highest BCUT2D eigenvalue weighted by molar-refractivity contribution is 4.99. The van der Waals surface area contributed by atoms with E-state index in [4.69, 9.17) is 0 Å². The first-order valence-corrected chi connectivity index (χ1v) is 18.8. The van der Waals surface area contributed by atoms with Gasteiger partial charge in [-0.2, -0.15) is 0 Å². The van der Waals surface area contributed by atoms with E-state index < -0.39 is 0 Å². The van der Waals surface area contributed by atoms with E-state index in [1.807, 2.05) is 0 Å². The Labute approximate surface area is 247 Å². The molecule has 0 N–H and O–H groups in total. The van der Waals surface area contributed by atoms with Crippen LogP contribution in [-0.4, -0.2) is 0 Å². The number of fused-ring (bicyclic) bond motifs is 1. The molecule has 0 aromatic carbocycles. The molecule has 5 rings (SSSR count). The average molecular weight is 541 g/mol. The van der Waals surface area contributed by atoms with Crippen molar-refractivity contribution in [3.05, 3.63) is 0 Å². The lowest BCUT2D eigenvalue weighted by Crippen LogP contribution is -2.45. The van der Waals surface area contributed by atoms with E-state index in [1.165, 1.54) is 70.6 Å². The van der Waals surface area contributed by atoms with E-state index in [9.17, 15) is 0 Å². The Morgan fingerprint density at radius 2 is 1.31 bits per heavy atom. The highest BCUT2D eigenvalue weighted by atomic mass is 14.5. The second-order valence-electron chi connectivity index (χ2n) is 16.5. The second-order valence-corrected chi connectivity index (χ2v) is 16.5. The molecule has 228 valence electrons. The molecular weight excluding hydrogens is 468 g/mol. The molecule has 0 radical (unpaired) electrons. The van der Waals surface area contributed by atoms with Crippen molar-refractivity contribution in [2.45, 2.75) is 165 Å². The molecule has 12 atom stereocenters. The normalized spacial score (nSPS) is 48.3. The van der Waals surface area contributed by atoms with Crippen molar-refractivity contribution in [3.8, 4) is 0 Å². The van der Waals surface area contributed by atoms with Gasteiger partial charge < -0.3 is 0 Å². The summed E-state index contributed by atoms with van der Waals surface area (Å²) < 4.78 is 0. The highest BCUT2D eigenvalue weighted by Gasteiger charge is 2.49. The third-order valence-corrected chi connectivity index (χ3v) is 14.3. The molecule has 0 aromatic rings. The van der Waals surface area contributed by atoms with Crippen molar-refractivity contribution < 1.29 is 0 Å². The van der Waals surface area contributed by atoms with E-state index in [0.717, 1.165) is 82.9 Å². The van der Waals surface area contributed by atoms with E-state index in [-0.39, 0.29) is 0 Å². The Hall–Kier alpha value is 0. The first-order chi connectivity index (χ1) is 18.8. The average Bonchev–Trinajstić information content (AvgIpc) is 3.50. The van der Waals surface area contributed by atoms with Gasteiger partial charge in [0.05, 0.1) is 0 Å². The van der Waals surface area contributed by atoms with Gasteiger partial charge in [0, 0.05) is 0 Å². The van der Waals surface area contributed by atoms with Crippen molar-refractivity contribution in [1.82, 2.24) is 0 Å². The largest absolute Gasteiger partial charge is 0.0654 e. The third-order valence-electron chi connectivity index (χ3n) is 14.3. The third kappa shape index (κ3) is 7.51. The Balaban J connectivity index is 0.000000202. The SMILES string of the molecule is CC1CCC(C2C(C)CC(C)C2C)CC1.CCCCC1C(C)CC2CCCC2C1C1CC(CC)CCC1CC. The van der Waals surface area contributed by atoms with Crippen LogP contribution in [0, 0.1) is 82.9 Å². The highest BCUT2D eigenvalue weighted by Crippen LogP contribution is 2.58. The van der Waals surface area contributed by atoms with Gasteiger partial charge in [-0.25, -0.2) is 0 Å². The fraction of sp³-hybridized carbons (Fsp3) is 1.00. The number of hydrogen-bond acceptors (Lipinski definition) is 0. The van der Waals surface area contributed by atoms with Gasteiger partial charge in [-0.3, -0.25) is 0 Å². The van der Waals surface area contributed by atoms with Crippen LogP contribution in [0.25, 0.3) is 0 Å². The van der Waals surface area contributed by atoms with Gasteiger partial charge in [0.15, 0.2) is 0 Å². The molecule has 0 spiro atoms. The fourth-order valence-corrected chi connectivity index (χ4v) is 11.9. The zero-order valence-corrected chi connectivity index (χ0v) is 28.1. The van der Waals surface area contributed by atoms with Crippen LogP contribution in [0.2, 0.25) is 0 Å². The minimum atomic E-state index is 0.976. The van der Waals surface area contributed by atoms with Crippen LogP contribution in [0.5, 0.6) is 0 Å². The molecule has 0 nitrogen and oxygen atoms in total. The summed E-state index contributed by atoms with van der Waals surface area (Å²) in [7, 11) is 0. The smallest absolute Gasteiger partial charge is 0.0321 e. The molecule has 0 saturated heterocycles. The van der Waals surface area contributed by atoms with E-state index in [1.54, 1.807) is 38.5 Å². The summed E-state index contributed by atoms with van der Waals surface area (Å²) >= 11 is 0. The molecular formula is C39H72. The van der Waals surface area contributed by atoms with Crippen molar-refractivity contribution in [3.63, 3.8) is 0 Å². The Kier molecular flexibility index (Phi) is 12.2. The van der Waals surface area contributed by atoms with Crippen LogP contribution < -0.4 is 0 Å². The molecule has 5 saturated carbocycles. The first kappa shape index (κ1) is 31.9. The van der Waals surface area contributed by atoms with Crippen LogP contribution >= 0.6 is 0 Å². The molecule has 39 heavy (non-hydrogen) atoms. The lowest BCUT2D eigenvalue weighted by Gasteiger charge is -2.52. The van der Waals surface area contributed by atoms with Crippen LogP contribution in [0.15, 0.2) is 0 Å². The maximum absolute atomic E-state index is 2.63. The summed E-state index contributed by atoms with van der Waals surface area (Å²) in [6.45, 7) is 19.9. The van der Waals surface area contributed by atoms with Gasteiger partial charge in [-0.15, -0.1) is 0 Å². The molecule has 0 aliphatic heterocycles. The van der Waals surface area contributed by atoms with Gasteiger partial charge in [-0.1, -0.05) is 113 Å². The van der Waals surface area contributed by atoms with Gasteiger partial charge >= 0.3 is 0 Å². The van der Waals surface area contributed by atoms with Gasteiger partial charge in [0.2, 0.25) is 0 Å². The molecule has 5 aliphatic carbocycles. The maximum atomic E-state index is 2.63. The van der Waals surface area contributed by atoms with E-state index in [0.29, 0.717) is 0 Å². The van der Waals surface area contributed by atoms with Crippen LogP contribution in [0.3, 0.4) is 0 Å². The summed E-state index contributed by atoms with van der Waals surface area (Å²) in [6, 6.07) is 0. The van der Waals surface area contributed by atoms with Crippen molar-refractivity contribution in [1.29, 1.82) is 0 Å². The minimum Gasteiger partial charge on any atom is -0.0654 e. The minimum absolute atomic E-state index is 0.976. The maximum Gasteiger partial charge on any atom is -0.0321 e. The first-order valence-electron chi connectivity index (χ1n) is 18.8. The second kappa shape index (κ2) is 14.9. The number of hydrogen-bond donors (Lipinski definition) is 0. The number of unbranched alkanes of at least 4 members (excludes halogenated alkanes) is 1. The van der Waals surface area contributed by atoms with Crippen molar-refractivity contribution in [2.24, 2.45) is 82.9 Å².